The van der Waals surface area contributed by atoms with Crippen LogP contribution in [0.3, 0.4) is 0 Å². The van der Waals surface area contributed by atoms with Crippen LogP contribution in [0, 0.1) is 5.82 Å². The largest absolute Gasteiger partial charge is 0.307 e. The summed E-state index contributed by atoms with van der Waals surface area (Å²) < 4.78 is 13.6. The van der Waals surface area contributed by atoms with Crippen LogP contribution in [0.5, 0.6) is 0 Å². The van der Waals surface area contributed by atoms with Gasteiger partial charge in [0.15, 0.2) is 0 Å². The van der Waals surface area contributed by atoms with Gasteiger partial charge in [-0.25, -0.2) is 4.39 Å². The molecule has 114 valence electrons. The van der Waals surface area contributed by atoms with E-state index in [-0.39, 0.29) is 11.1 Å². The number of benzene rings is 1. The highest BCUT2D eigenvalue weighted by Crippen LogP contribution is 2.29. The van der Waals surface area contributed by atoms with E-state index < -0.39 is 5.82 Å². The fourth-order valence-electron chi connectivity index (χ4n) is 2.42. The average Bonchev–Trinajstić information content (AvgIpc) is 2.40. The van der Waals surface area contributed by atoms with E-state index in [2.05, 4.69) is 19.2 Å². The molecule has 0 radical (unpaired) electrons. The lowest BCUT2D eigenvalue weighted by molar-refractivity contribution is 0.395. The second-order valence-electron chi connectivity index (χ2n) is 5.30. The molecule has 0 spiro atoms. The van der Waals surface area contributed by atoms with Crippen molar-refractivity contribution in [2.24, 2.45) is 0 Å². The first kappa shape index (κ1) is 17.7. The molecule has 0 saturated carbocycles. The lowest BCUT2D eigenvalue weighted by Gasteiger charge is -2.24. The van der Waals surface area contributed by atoms with Crippen molar-refractivity contribution >= 4 is 23.2 Å². The normalized spacial score (nSPS) is 14.3. The summed E-state index contributed by atoms with van der Waals surface area (Å²) >= 11 is 11.9. The van der Waals surface area contributed by atoms with Gasteiger partial charge in [0.25, 0.3) is 0 Å². The molecule has 4 heteroatoms. The molecule has 0 aliphatic heterocycles. The van der Waals surface area contributed by atoms with Gasteiger partial charge in [0.05, 0.1) is 5.02 Å². The van der Waals surface area contributed by atoms with Gasteiger partial charge in [-0.15, -0.1) is 0 Å². The first-order valence-electron chi connectivity index (χ1n) is 7.40. The molecule has 0 aliphatic rings. The monoisotopic (exact) mass is 319 g/mol. The molecule has 0 aromatic heterocycles. The van der Waals surface area contributed by atoms with Crippen LogP contribution in [-0.2, 0) is 0 Å². The Balaban J connectivity index is 2.77. The van der Waals surface area contributed by atoms with Crippen molar-refractivity contribution in [3.63, 3.8) is 0 Å². The predicted molar refractivity (Wildman–Crippen MR) is 86.2 cm³/mol. The summed E-state index contributed by atoms with van der Waals surface area (Å²) in [5, 5.41) is 4.15. The van der Waals surface area contributed by atoms with Crippen LogP contribution in [0.4, 0.5) is 4.39 Å². The summed E-state index contributed by atoms with van der Waals surface area (Å²) in [6.45, 7) is 6.39. The Morgan fingerprint density at radius 2 is 1.80 bits per heavy atom. The molecule has 20 heavy (non-hydrogen) atoms. The molecule has 0 aliphatic carbocycles. The Bertz CT molecular complexity index is 423. The van der Waals surface area contributed by atoms with Gasteiger partial charge >= 0.3 is 0 Å². The first-order chi connectivity index (χ1) is 9.49. The molecule has 1 aromatic rings. The maximum atomic E-state index is 13.6. The number of hydrogen-bond acceptors (Lipinski definition) is 1. The third-order valence-electron chi connectivity index (χ3n) is 3.54. The fraction of sp³-hybridized carbons (Fsp3) is 0.625. The molecule has 2 unspecified atom stereocenters. The highest BCUT2D eigenvalue weighted by Gasteiger charge is 2.16. The lowest BCUT2D eigenvalue weighted by atomic mass is 10.0. The van der Waals surface area contributed by atoms with Crippen molar-refractivity contribution in [2.75, 3.05) is 0 Å². The quantitative estimate of drug-likeness (QED) is 0.567. The maximum absolute atomic E-state index is 13.6. The van der Waals surface area contributed by atoms with Crippen molar-refractivity contribution < 1.29 is 4.39 Å². The second kappa shape index (κ2) is 8.86. The van der Waals surface area contributed by atoms with Crippen LogP contribution in [-0.4, -0.2) is 6.04 Å². The molecule has 0 heterocycles. The van der Waals surface area contributed by atoms with E-state index >= 15 is 0 Å². The van der Waals surface area contributed by atoms with Gasteiger partial charge in [-0.05, 0) is 37.5 Å². The van der Waals surface area contributed by atoms with Crippen molar-refractivity contribution in [2.45, 2.75) is 65.0 Å². The second-order valence-corrected chi connectivity index (χ2v) is 6.12. The van der Waals surface area contributed by atoms with Gasteiger partial charge in [0.1, 0.15) is 5.82 Å². The van der Waals surface area contributed by atoms with Crippen LogP contribution >= 0.6 is 23.2 Å². The molecule has 1 rings (SSSR count). The summed E-state index contributed by atoms with van der Waals surface area (Å²) in [5.74, 6) is -0.416. The highest BCUT2D eigenvalue weighted by molar-refractivity contribution is 6.35. The van der Waals surface area contributed by atoms with Crippen LogP contribution in [0.25, 0.3) is 0 Å². The van der Waals surface area contributed by atoms with Crippen molar-refractivity contribution in [3.8, 4) is 0 Å². The van der Waals surface area contributed by atoms with Crippen molar-refractivity contribution in [3.05, 3.63) is 33.6 Å². The van der Waals surface area contributed by atoms with E-state index in [1.165, 1.54) is 25.0 Å². The SMILES string of the molecule is CCCCC(CCC)NC(C)c1cc(F)c(Cl)cc1Cl. The summed E-state index contributed by atoms with van der Waals surface area (Å²) in [4.78, 5) is 0. The van der Waals surface area contributed by atoms with Gasteiger partial charge in [-0.2, -0.15) is 0 Å². The third-order valence-corrected chi connectivity index (χ3v) is 4.15. The topological polar surface area (TPSA) is 12.0 Å². The Morgan fingerprint density at radius 3 is 2.40 bits per heavy atom. The minimum Gasteiger partial charge on any atom is -0.307 e. The lowest BCUT2D eigenvalue weighted by Crippen LogP contribution is -2.31. The summed E-state index contributed by atoms with van der Waals surface area (Å²) in [7, 11) is 0. The predicted octanol–water partition coefficient (Wildman–Crippen LogP) is 6.14. The minimum absolute atomic E-state index is 0.0164. The van der Waals surface area contributed by atoms with Crippen molar-refractivity contribution in [1.82, 2.24) is 5.32 Å². The number of unbranched alkanes of at least 4 members (excludes halogenated alkanes) is 1. The van der Waals surface area contributed by atoms with Gasteiger partial charge in [-0.3, -0.25) is 0 Å². The number of rotatable bonds is 8. The molecule has 1 aromatic carbocycles. The Hall–Kier alpha value is -0.310. The molecule has 0 saturated heterocycles. The van der Waals surface area contributed by atoms with E-state index in [1.807, 2.05) is 6.92 Å². The Morgan fingerprint density at radius 1 is 1.10 bits per heavy atom. The zero-order chi connectivity index (χ0) is 15.1. The molecule has 0 bridgehead atoms. The Labute approximate surface area is 131 Å². The minimum atomic E-state index is -0.416. The maximum Gasteiger partial charge on any atom is 0.142 e. The molecular weight excluding hydrogens is 296 g/mol. The number of hydrogen-bond donors (Lipinski definition) is 1. The van der Waals surface area contributed by atoms with Crippen LogP contribution < -0.4 is 5.32 Å². The Kier molecular flexibility index (Phi) is 7.86. The van der Waals surface area contributed by atoms with E-state index in [4.69, 9.17) is 23.2 Å². The van der Waals surface area contributed by atoms with Gasteiger partial charge in [0.2, 0.25) is 0 Å². The first-order valence-corrected chi connectivity index (χ1v) is 8.15. The molecule has 0 fully saturated rings. The van der Waals surface area contributed by atoms with Crippen LogP contribution in [0.15, 0.2) is 12.1 Å². The molecular formula is C16H24Cl2FN. The average molecular weight is 320 g/mol. The van der Waals surface area contributed by atoms with E-state index in [1.54, 1.807) is 0 Å². The molecule has 1 nitrogen and oxygen atoms in total. The van der Waals surface area contributed by atoms with E-state index in [0.717, 1.165) is 24.8 Å². The molecule has 2 atom stereocenters. The fourth-order valence-corrected chi connectivity index (χ4v) is 2.97. The smallest absolute Gasteiger partial charge is 0.142 e. The highest BCUT2D eigenvalue weighted by atomic mass is 35.5. The van der Waals surface area contributed by atoms with E-state index in [9.17, 15) is 4.39 Å². The standard InChI is InChI=1S/C16H24Cl2FN/c1-4-6-8-12(7-5-2)20-11(3)13-9-16(19)15(18)10-14(13)17/h9-12,20H,4-8H2,1-3H3. The summed E-state index contributed by atoms with van der Waals surface area (Å²) in [6, 6.07) is 3.38. The zero-order valence-electron chi connectivity index (χ0n) is 12.5. The zero-order valence-corrected chi connectivity index (χ0v) is 14.0. The summed E-state index contributed by atoms with van der Waals surface area (Å²) in [5.41, 5.74) is 0.770. The number of halogens is 3. The van der Waals surface area contributed by atoms with Crippen LogP contribution in [0.1, 0.15) is 64.5 Å². The van der Waals surface area contributed by atoms with Crippen LogP contribution in [0.2, 0.25) is 10.0 Å². The van der Waals surface area contributed by atoms with Crippen molar-refractivity contribution in [1.29, 1.82) is 0 Å². The number of nitrogens with one attached hydrogen (secondary N) is 1. The molecule has 0 amide bonds. The molecule has 1 N–H and O–H groups in total. The van der Waals surface area contributed by atoms with Gasteiger partial charge in [0, 0.05) is 17.1 Å². The van der Waals surface area contributed by atoms with Gasteiger partial charge in [-0.1, -0.05) is 56.3 Å². The van der Waals surface area contributed by atoms with Gasteiger partial charge < -0.3 is 5.32 Å². The third kappa shape index (κ3) is 5.23. The summed E-state index contributed by atoms with van der Waals surface area (Å²) in [6.07, 6.45) is 5.79. The van der Waals surface area contributed by atoms with E-state index in [0.29, 0.717) is 11.1 Å².